The van der Waals surface area contributed by atoms with Crippen LogP contribution in [-0.2, 0) is 20.7 Å². The SMILES string of the molecule is Cc1ccccc1N1C(=O)C[C@@H]2[C@@H](NC(=O)[C@H](Cc3c[nH]c4ccccc34)NC(=O)OC(C)(C)C)CCCN2C1=O. The van der Waals surface area contributed by atoms with Crippen molar-refractivity contribution in [3.8, 4) is 0 Å². The molecule has 1 aromatic heterocycles. The van der Waals surface area contributed by atoms with Crippen LogP contribution in [0, 0.1) is 6.92 Å². The number of alkyl carbamates (subject to hydrolysis) is 1. The first-order valence-corrected chi connectivity index (χ1v) is 14.1. The molecule has 2 aromatic carbocycles. The van der Waals surface area contributed by atoms with Crippen LogP contribution in [0.2, 0.25) is 0 Å². The number of carbonyl (C=O) groups excluding carboxylic acids is 4. The predicted octanol–water partition coefficient (Wildman–Crippen LogP) is 4.42. The minimum absolute atomic E-state index is 0.0949. The normalized spacial score (nSPS) is 20.0. The standard InChI is InChI=1S/C31H37N5O5/c1-19-10-5-8-14-25(19)36-27(37)17-26-23(13-9-15-35(26)30(36)40)33-28(38)24(34-29(39)41-31(2,3)4)16-20-18-32-22-12-7-6-11-21(20)22/h5-8,10-12,14,18,23-24,26,32H,9,13,15-17H2,1-4H3,(H,33,38)(H,34,39)/t23-,24-,26+/m0/s1. The maximum Gasteiger partial charge on any atom is 0.408 e. The van der Waals surface area contributed by atoms with Crippen molar-refractivity contribution in [3.05, 3.63) is 65.9 Å². The van der Waals surface area contributed by atoms with Crippen molar-refractivity contribution in [2.75, 3.05) is 11.4 Å². The lowest BCUT2D eigenvalue weighted by molar-refractivity contribution is -0.126. The minimum atomic E-state index is -0.933. The van der Waals surface area contributed by atoms with Crippen LogP contribution < -0.4 is 15.5 Å². The fourth-order valence-electron chi connectivity index (χ4n) is 5.74. The van der Waals surface area contributed by atoms with Gasteiger partial charge in [0.15, 0.2) is 0 Å². The molecule has 41 heavy (non-hydrogen) atoms. The molecule has 5 rings (SSSR count). The molecule has 2 aliphatic heterocycles. The summed E-state index contributed by atoms with van der Waals surface area (Å²) in [6.07, 6.45) is 2.76. The minimum Gasteiger partial charge on any atom is -0.444 e. The van der Waals surface area contributed by atoms with Crippen molar-refractivity contribution >= 4 is 40.5 Å². The number of fused-ring (bicyclic) bond motifs is 2. The highest BCUT2D eigenvalue weighted by Gasteiger charge is 2.45. The number of para-hydroxylation sites is 2. The summed E-state index contributed by atoms with van der Waals surface area (Å²) in [6.45, 7) is 7.65. The van der Waals surface area contributed by atoms with Gasteiger partial charge in [-0.25, -0.2) is 14.5 Å². The molecule has 2 fully saturated rings. The van der Waals surface area contributed by atoms with E-state index < -0.39 is 35.7 Å². The molecule has 0 aliphatic carbocycles. The monoisotopic (exact) mass is 559 g/mol. The van der Waals surface area contributed by atoms with E-state index in [2.05, 4.69) is 15.6 Å². The first kappa shape index (κ1) is 28.2. The molecule has 2 saturated heterocycles. The second kappa shape index (κ2) is 11.3. The Hall–Kier alpha value is -4.34. The summed E-state index contributed by atoms with van der Waals surface area (Å²) in [7, 11) is 0. The molecule has 3 atom stereocenters. The Bertz CT molecular complexity index is 1470. The van der Waals surface area contributed by atoms with E-state index in [-0.39, 0.29) is 24.8 Å². The third-order valence-corrected chi connectivity index (χ3v) is 7.64. The zero-order valence-electron chi connectivity index (χ0n) is 23.9. The van der Waals surface area contributed by atoms with Crippen molar-refractivity contribution in [2.24, 2.45) is 0 Å². The van der Waals surface area contributed by atoms with Gasteiger partial charge in [0.2, 0.25) is 11.8 Å². The number of hydrogen-bond acceptors (Lipinski definition) is 5. The Balaban J connectivity index is 1.35. The van der Waals surface area contributed by atoms with E-state index in [0.717, 1.165) is 22.0 Å². The highest BCUT2D eigenvalue weighted by Crippen LogP contribution is 2.31. The number of nitrogens with one attached hydrogen (secondary N) is 3. The van der Waals surface area contributed by atoms with Crippen LogP contribution in [-0.4, -0.2) is 64.1 Å². The lowest BCUT2D eigenvalue weighted by Crippen LogP contribution is -2.66. The fraction of sp³-hybridized carbons (Fsp3) is 0.419. The Kier molecular flexibility index (Phi) is 7.75. The average Bonchev–Trinajstić information content (AvgIpc) is 3.31. The summed E-state index contributed by atoms with van der Waals surface area (Å²) in [6, 6.07) is 12.9. The maximum atomic E-state index is 13.8. The summed E-state index contributed by atoms with van der Waals surface area (Å²) in [5, 5.41) is 6.78. The van der Waals surface area contributed by atoms with E-state index >= 15 is 0 Å². The number of rotatable bonds is 6. The first-order valence-electron chi connectivity index (χ1n) is 14.1. The largest absolute Gasteiger partial charge is 0.444 e. The van der Waals surface area contributed by atoms with Crippen molar-refractivity contribution in [1.29, 1.82) is 0 Å². The highest BCUT2D eigenvalue weighted by molar-refractivity contribution is 6.16. The average molecular weight is 560 g/mol. The van der Waals surface area contributed by atoms with Crippen LogP contribution in [0.5, 0.6) is 0 Å². The molecular weight excluding hydrogens is 522 g/mol. The van der Waals surface area contributed by atoms with Gasteiger partial charge >= 0.3 is 12.1 Å². The third-order valence-electron chi connectivity index (χ3n) is 7.64. The number of piperidine rings is 1. The van der Waals surface area contributed by atoms with Crippen LogP contribution in [0.4, 0.5) is 15.3 Å². The summed E-state index contributed by atoms with van der Waals surface area (Å²) in [5.74, 6) is -0.692. The van der Waals surface area contributed by atoms with Gasteiger partial charge in [0, 0.05) is 36.1 Å². The van der Waals surface area contributed by atoms with Gasteiger partial charge in [-0.05, 0) is 63.8 Å². The highest BCUT2D eigenvalue weighted by atomic mass is 16.6. The van der Waals surface area contributed by atoms with Crippen molar-refractivity contribution in [3.63, 3.8) is 0 Å². The summed E-state index contributed by atoms with van der Waals surface area (Å²) in [5.41, 5.74) is 2.48. The quantitative estimate of drug-likeness (QED) is 0.413. The number of anilines is 1. The molecule has 3 N–H and O–H groups in total. The van der Waals surface area contributed by atoms with Gasteiger partial charge in [-0.1, -0.05) is 36.4 Å². The molecule has 0 unspecified atom stereocenters. The fourth-order valence-corrected chi connectivity index (χ4v) is 5.74. The lowest BCUT2D eigenvalue weighted by Gasteiger charge is -2.47. The van der Waals surface area contributed by atoms with Crippen molar-refractivity contribution in [2.45, 2.75) is 77.1 Å². The Morgan fingerprint density at radius 3 is 2.59 bits per heavy atom. The maximum absolute atomic E-state index is 13.8. The zero-order valence-corrected chi connectivity index (χ0v) is 23.9. The number of nitrogens with zero attached hydrogens (tertiary/aromatic N) is 2. The molecule has 3 aromatic rings. The van der Waals surface area contributed by atoms with Crippen molar-refractivity contribution in [1.82, 2.24) is 20.5 Å². The molecule has 2 aliphatic rings. The van der Waals surface area contributed by atoms with Crippen LogP contribution in [0.15, 0.2) is 54.7 Å². The number of ether oxygens (including phenoxy) is 1. The second-order valence-corrected chi connectivity index (χ2v) is 11.8. The van der Waals surface area contributed by atoms with Gasteiger partial charge in [0.25, 0.3) is 0 Å². The number of hydrogen-bond donors (Lipinski definition) is 3. The molecule has 0 bridgehead atoms. The Labute approximate surface area is 239 Å². The first-order chi connectivity index (χ1) is 19.5. The second-order valence-electron chi connectivity index (χ2n) is 11.8. The summed E-state index contributed by atoms with van der Waals surface area (Å²) < 4.78 is 5.45. The van der Waals surface area contributed by atoms with E-state index in [1.807, 2.05) is 49.5 Å². The number of benzene rings is 2. The van der Waals surface area contributed by atoms with Crippen LogP contribution in [0.25, 0.3) is 10.9 Å². The third kappa shape index (κ3) is 6.06. The van der Waals surface area contributed by atoms with Gasteiger partial charge in [-0.15, -0.1) is 0 Å². The predicted molar refractivity (Wildman–Crippen MR) is 155 cm³/mol. The number of H-pyrrole nitrogens is 1. The molecule has 5 amide bonds. The zero-order chi connectivity index (χ0) is 29.3. The number of imide groups is 1. The molecular formula is C31H37N5O5. The van der Waals surface area contributed by atoms with E-state index in [1.165, 1.54) is 4.90 Å². The molecule has 3 heterocycles. The van der Waals surface area contributed by atoms with Crippen molar-refractivity contribution < 1.29 is 23.9 Å². The van der Waals surface area contributed by atoms with E-state index in [0.29, 0.717) is 25.1 Å². The number of aryl methyl sites for hydroxylation is 1. The number of urea groups is 1. The van der Waals surface area contributed by atoms with Crippen LogP contribution in [0.1, 0.15) is 51.2 Å². The molecule has 10 heteroatoms. The van der Waals surface area contributed by atoms with Crippen LogP contribution >= 0.6 is 0 Å². The summed E-state index contributed by atoms with van der Waals surface area (Å²) >= 11 is 0. The molecule has 10 nitrogen and oxygen atoms in total. The number of amides is 5. The van der Waals surface area contributed by atoms with E-state index in [1.54, 1.807) is 37.8 Å². The van der Waals surface area contributed by atoms with Gasteiger partial charge < -0.3 is 25.3 Å². The Morgan fingerprint density at radius 1 is 1.10 bits per heavy atom. The molecule has 216 valence electrons. The smallest absolute Gasteiger partial charge is 0.408 e. The van der Waals surface area contributed by atoms with E-state index in [4.69, 9.17) is 4.74 Å². The Morgan fingerprint density at radius 2 is 1.83 bits per heavy atom. The topological polar surface area (TPSA) is 124 Å². The van der Waals surface area contributed by atoms with E-state index in [9.17, 15) is 19.2 Å². The van der Waals surface area contributed by atoms with Gasteiger partial charge in [-0.2, -0.15) is 0 Å². The number of aromatic amines is 1. The number of aromatic nitrogens is 1. The molecule has 0 radical (unpaired) electrons. The van der Waals surface area contributed by atoms with Gasteiger partial charge in [0.05, 0.1) is 18.2 Å². The number of carbonyl (C=O) groups is 4. The van der Waals surface area contributed by atoms with Crippen LogP contribution in [0.3, 0.4) is 0 Å². The molecule has 0 spiro atoms. The van der Waals surface area contributed by atoms with Gasteiger partial charge in [-0.3, -0.25) is 9.59 Å². The van der Waals surface area contributed by atoms with Gasteiger partial charge in [0.1, 0.15) is 11.6 Å². The lowest BCUT2D eigenvalue weighted by atomic mass is 9.90. The molecule has 0 saturated carbocycles. The summed E-state index contributed by atoms with van der Waals surface area (Å²) in [4.78, 5) is 59.5.